The summed E-state index contributed by atoms with van der Waals surface area (Å²) in [6.07, 6.45) is 1.07. The Balaban J connectivity index is 2.37. The second-order valence-electron chi connectivity index (χ2n) is 6.23. The van der Waals surface area contributed by atoms with E-state index in [-0.39, 0.29) is 6.61 Å². The fourth-order valence-corrected chi connectivity index (χ4v) is 1.80. The lowest BCUT2D eigenvalue weighted by molar-refractivity contribution is -0.0580. The second-order valence-corrected chi connectivity index (χ2v) is 6.23. The highest BCUT2D eigenvalue weighted by Gasteiger charge is 2.24. The van der Waals surface area contributed by atoms with Crippen molar-refractivity contribution < 1.29 is 14.9 Å². The first-order valence-corrected chi connectivity index (χ1v) is 6.77. The van der Waals surface area contributed by atoms with Gasteiger partial charge >= 0.3 is 0 Å². The number of hydrogen-bond acceptors (Lipinski definition) is 3. The molecule has 1 aromatic rings. The summed E-state index contributed by atoms with van der Waals surface area (Å²) in [6, 6.07) is 8.06. The average Bonchev–Trinajstić information content (AvgIpc) is 2.28. The van der Waals surface area contributed by atoms with Gasteiger partial charge in [-0.3, -0.25) is 0 Å². The molecule has 3 heteroatoms. The van der Waals surface area contributed by atoms with Gasteiger partial charge in [-0.25, -0.2) is 0 Å². The number of aryl methyl sites for hydroxylation is 1. The predicted molar refractivity (Wildman–Crippen MR) is 77.0 cm³/mol. The monoisotopic (exact) mass is 266 g/mol. The van der Waals surface area contributed by atoms with Crippen molar-refractivity contribution in [2.45, 2.75) is 58.3 Å². The highest BCUT2D eigenvalue weighted by atomic mass is 16.5. The summed E-state index contributed by atoms with van der Waals surface area (Å²) in [6.45, 7) is 8.07. The van der Waals surface area contributed by atoms with E-state index in [0.29, 0.717) is 19.4 Å². The van der Waals surface area contributed by atoms with Crippen LogP contribution >= 0.6 is 0 Å². The molecule has 0 radical (unpaired) electrons. The van der Waals surface area contributed by atoms with Crippen molar-refractivity contribution in [2.24, 2.45) is 0 Å². The number of benzene rings is 1. The minimum Gasteiger partial charge on any atom is -0.390 e. The predicted octanol–water partition coefficient (Wildman–Crippen LogP) is 2.81. The minimum atomic E-state index is -0.900. The van der Waals surface area contributed by atoms with Crippen LogP contribution in [0.5, 0.6) is 0 Å². The molecule has 108 valence electrons. The average molecular weight is 266 g/mol. The molecule has 0 aliphatic heterocycles. The largest absolute Gasteiger partial charge is 0.390 e. The number of rotatable bonds is 7. The third-order valence-electron chi connectivity index (χ3n) is 3.21. The Morgan fingerprint density at radius 1 is 1.05 bits per heavy atom. The van der Waals surface area contributed by atoms with E-state index in [1.807, 2.05) is 31.2 Å². The van der Waals surface area contributed by atoms with Gasteiger partial charge in [0.1, 0.15) is 0 Å². The van der Waals surface area contributed by atoms with E-state index in [9.17, 15) is 10.2 Å². The minimum absolute atomic E-state index is 0.275. The molecule has 0 amide bonds. The van der Waals surface area contributed by atoms with Crippen LogP contribution in [0.3, 0.4) is 0 Å². The molecule has 0 aliphatic carbocycles. The normalized spacial score (nSPS) is 15.3. The molecular weight excluding hydrogens is 240 g/mol. The quantitative estimate of drug-likeness (QED) is 0.798. The molecule has 0 aromatic heterocycles. The van der Waals surface area contributed by atoms with Crippen LogP contribution in [0.2, 0.25) is 0 Å². The summed E-state index contributed by atoms with van der Waals surface area (Å²) in [7, 11) is 0. The van der Waals surface area contributed by atoms with Gasteiger partial charge in [0, 0.05) is 0 Å². The van der Waals surface area contributed by atoms with Gasteiger partial charge in [0.05, 0.1) is 24.4 Å². The maximum atomic E-state index is 10.2. The van der Waals surface area contributed by atoms with E-state index in [2.05, 4.69) is 0 Å². The molecule has 0 aliphatic rings. The summed E-state index contributed by atoms with van der Waals surface area (Å²) in [5, 5.41) is 19.9. The van der Waals surface area contributed by atoms with Gasteiger partial charge in [0.15, 0.2) is 0 Å². The highest BCUT2D eigenvalue weighted by Crippen LogP contribution is 2.20. The van der Waals surface area contributed by atoms with Gasteiger partial charge in [0.2, 0.25) is 0 Å². The van der Waals surface area contributed by atoms with E-state index in [0.717, 1.165) is 5.56 Å². The van der Waals surface area contributed by atoms with Crippen LogP contribution in [-0.2, 0) is 11.3 Å². The summed E-state index contributed by atoms with van der Waals surface area (Å²) in [5.74, 6) is 0. The van der Waals surface area contributed by atoms with E-state index < -0.39 is 11.2 Å². The van der Waals surface area contributed by atoms with E-state index in [1.165, 1.54) is 5.56 Å². The van der Waals surface area contributed by atoms with Gasteiger partial charge in [-0.2, -0.15) is 0 Å². The highest BCUT2D eigenvalue weighted by molar-refractivity contribution is 5.24. The Kier molecular flexibility index (Phi) is 5.53. The van der Waals surface area contributed by atoms with Crippen LogP contribution in [0.4, 0.5) is 0 Å². The second kappa shape index (κ2) is 6.51. The molecule has 0 spiro atoms. The van der Waals surface area contributed by atoms with Crippen LogP contribution in [0.25, 0.3) is 0 Å². The van der Waals surface area contributed by atoms with Gasteiger partial charge in [-0.05, 0) is 51.7 Å². The Bertz CT molecular complexity index is 391. The zero-order valence-corrected chi connectivity index (χ0v) is 12.4. The Morgan fingerprint density at radius 3 is 2.26 bits per heavy atom. The van der Waals surface area contributed by atoms with Crippen molar-refractivity contribution in [1.82, 2.24) is 0 Å². The first-order chi connectivity index (χ1) is 8.70. The third kappa shape index (κ3) is 6.71. The van der Waals surface area contributed by atoms with Crippen molar-refractivity contribution in [3.8, 4) is 0 Å². The van der Waals surface area contributed by atoms with Crippen LogP contribution in [0, 0.1) is 6.92 Å². The van der Waals surface area contributed by atoms with Crippen LogP contribution in [0.1, 0.15) is 44.7 Å². The molecule has 0 saturated carbocycles. The molecule has 3 nitrogen and oxygen atoms in total. The molecule has 0 heterocycles. The smallest absolute Gasteiger partial charge is 0.0853 e. The molecule has 1 rings (SSSR count). The van der Waals surface area contributed by atoms with E-state index in [1.54, 1.807) is 20.8 Å². The lowest BCUT2D eigenvalue weighted by Crippen LogP contribution is -2.33. The summed E-state index contributed by atoms with van der Waals surface area (Å²) in [4.78, 5) is 0. The van der Waals surface area contributed by atoms with Gasteiger partial charge in [-0.1, -0.05) is 24.3 Å². The van der Waals surface area contributed by atoms with E-state index >= 15 is 0 Å². The van der Waals surface area contributed by atoms with Crippen molar-refractivity contribution >= 4 is 0 Å². The molecule has 1 unspecified atom stereocenters. The lowest BCUT2D eigenvalue weighted by atomic mass is 9.93. The molecule has 19 heavy (non-hydrogen) atoms. The van der Waals surface area contributed by atoms with Crippen molar-refractivity contribution in [2.75, 3.05) is 6.61 Å². The molecule has 0 fully saturated rings. The molecule has 1 atom stereocenters. The summed E-state index contributed by atoms with van der Waals surface area (Å²) in [5.41, 5.74) is 0.683. The molecule has 0 bridgehead atoms. The van der Waals surface area contributed by atoms with Crippen molar-refractivity contribution in [1.29, 1.82) is 0 Å². The summed E-state index contributed by atoms with van der Waals surface area (Å²) >= 11 is 0. The topological polar surface area (TPSA) is 49.7 Å². The maximum Gasteiger partial charge on any atom is 0.0853 e. The van der Waals surface area contributed by atoms with Crippen molar-refractivity contribution in [3.05, 3.63) is 35.4 Å². The van der Waals surface area contributed by atoms with Crippen LogP contribution < -0.4 is 0 Å². The zero-order valence-electron chi connectivity index (χ0n) is 12.4. The van der Waals surface area contributed by atoms with Gasteiger partial charge in [-0.15, -0.1) is 0 Å². The maximum absolute atomic E-state index is 10.2. The SMILES string of the molecule is Cc1ccccc1COCC(C)(O)CCC(C)(C)O. The molecule has 0 saturated heterocycles. The standard InChI is InChI=1S/C16H26O3/c1-13-7-5-6-8-14(13)11-19-12-16(4,18)10-9-15(2,3)17/h5-8,17-18H,9-12H2,1-4H3. The Hall–Kier alpha value is -0.900. The fourth-order valence-electron chi connectivity index (χ4n) is 1.80. The first kappa shape index (κ1) is 16.2. The Morgan fingerprint density at radius 2 is 1.68 bits per heavy atom. The van der Waals surface area contributed by atoms with Crippen LogP contribution in [-0.4, -0.2) is 28.0 Å². The van der Waals surface area contributed by atoms with E-state index in [4.69, 9.17) is 4.74 Å². The number of hydrogen-bond donors (Lipinski definition) is 2. The number of aliphatic hydroxyl groups is 2. The number of ether oxygens (including phenoxy) is 1. The zero-order chi connectivity index (χ0) is 14.5. The molecular formula is C16H26O3. The molecule has 1 aromatic carbocycles. The van der Waals surface area contributed by atoms with Crippen LogP contribution in [0.15, 0.2) is 24.3 Å². The summed E-state index contributed by atoms with van der Waals surface area (Å²) < 4.78 is 5.60. The van der Waals surface area contributed by atoms with Crippen molar-refractivity contribution in [3.63, 3.8) is 0 Å². The van der Waals surface area contributed by atoms with Gasteiger partial charge in [0.25, 0.3) is 0 Å². The first-order valence-electron chi connectivity index (χ1n) is 6.77. The van der Waals surface area contributed by atoms with Gasteiger partial charge < -0.3 is 14.9 Å². The molecule has 2 N–H and O–H groups in total. The third-order valence-corrected chi connectivity index (χ3v) is 3.21. The lowest BCUT2D eigenvalue weighted by Gasteiger charge is -2.27. The fraction of sp³-hybridized carbons (Fsp3) is 0.625. The Labute approximate surface area is 116 Å².